The van der Waals surface area contributed by atoms with Crippen molar-refractivity contribution in [1.82, 2.24) is 9.96 Å². The molecule has 1 aromatic carbocycles. The van der Waals surface area contributed by atoms with Crippen molar-refractivity contribution in [3.63, 3.8) is 0 Å². The zero-order valence-corrected chi connectivity index (χ0v) is 15.0. The summed E-state index contributed by atoms with van der Waals surface area (Å²) in [7, 11) is 0. The van der Waals surface area contributed by atoms with Crippen molar-refractivity contribution in [2.45, 2.75) is 20.8 Å². The van der Waals surface area contributed by atoms with Gasteiger partial charge in [-0.3, -0.25) is 4.90 Å². The number of rotatable bonds is 6. The van der Waals surface area contributed by atoms with Crippen LogP contribution >= 0.6 is 0 Å². The first-order valence-electron chi connectivity index (χ1n) is 8.41. The first-order chi connectivity index (χ1) is 11.8. The summed E-state index contributed by atoms with van der Waals surface area (Å²) >= 11 is 0. The molecule has 0 bridgehead atoms. The van der Waals surface area contributed by atoms with Gasteiger partial charge in [-0.2, -0.15) is 0 Å². The SMILES string of the molecule is CC(C)(C)C(=O)ON1CCN(CCOc2ccc(C(=O)O)cc2)CC1. The number of aromatic carboxylic acids is 1. The number of carboxylic acid groups (broad SMARTS) is 1. The smallest absolute Gasteiger partial charge is 0.335 e. The summed E-state index contributed by atoms with van der Waals surface area (Å²) in [5.74, 6) is -0.506. The third kappa shape index (κ3) is 6.03. The van der Waals surface area contributed by atoms with E-state index in [0.29, 0.717) is 25.4 Å². The first kappa shape index (κ1) is 19.2. The molecule has 7 heteroatoms. The topological polar surface area (TPSA) is 79.3 Å². The second-order valence-electron chi connectivity index (χ2n) is 7.08. The molecule has 1 aliphatic rings. The summed E-state index contributed by atoms with van der Waals surface area (Å²) < 4.78 is 5.65. The summed E-state index contributed by atoms with van der Waals surface area (Å²) in [4.78, 5) is 30.3. The Labute approximate surface area is 148 Å². The Morgan fingerprint density at radius 2 is 1.68 bits per heavy atom. The Balaban J connectivity index is 1.67. The van der Waals surface area contributed by atoms with Crippen LogP contribution in [0.1, 0.15) is 31.1 Å². The molecule has 1 saturated heterocycles. The normalized spacial score (nSPS) is 16.4. The van der Waals surface area contributed by atoms with Crippen LogP contribution in [0, 0.1) is 5.41 Å². The minimum Gasteiger partial charge on any atom is -0.492 e. The Morgan fingerprint density at radius 1 is 1.08 bits per heavy atom. The molecule has 1 N–H and O–H groups in total. The molecule has 1 heterocycles. The van der Waals surface area contributed by atoms with Crippen LogP contribution in [0.2, 0.25) is 0 Å². The summed E-state index contributed by atoms with van der Waals surface area (Å²) in [5, 5.41) is 10.6. The lowest BCUT2D eigenvalue weighted by molar-refractivity contribution is -0.207. The second-order valence-corrected chi connectivity index (χ2v) is 7.08. The van der Waals surface area contributed by atoms with Crippen LogP contribution in [-0.2, 0) is 9.63 Å². The van der Waals surface area contributed by atoms with Crippen molar-refractivity contribution in [1.29, 1.82) is 0 Å². The number of nitrogens with zero attached hydrogens (tertiary/aromatic N) is 2. The highest BCUT2D eigenvalue weighted by Gasteiger charge is 2.27. The van der Waals surface area contributed by atoms with E-state index in [1.807, 2.05) is 20.8 Å². The Bertz CT molecular complexity index is 586. The van der Waals surface area contributed by atoms with Crippen molar-refractivity contribution in [3.05, 3.63) is 29.8 Å². The third-order valence-electron chi connectivity index (χ3n) is 3.93. The summed E-state index contributed by atoms with van der Waals surface area (Å²) in [6.45, 7) is 9.77. The zero-order chi connectivity index (χ0) is 18.4. The monoisotopic (exact) mass is 350 g/mol. The molecule has 0 radical (unpaired) electrons. The minimum absolute atomic E-state index is 0.214. The third-order valence-corrected chi connectivity index (χ3v) is 3.93. The van der Waals surface area contributed by atoms with Gasteiger partial charge in [0.15, 0.2) is 0 Å². The Hall–Kier alpha value is -2.12. The minimum atomic E-state index is -0.948. The second kappa shape index (κ2) is 8.31. The maximum Gasteiger partial charge on any atom is 0.335 e. The molecule has 0 aliphatic carbocycles. The van der Waals surface area contributed by atoms with Gasteiger partial charge in [-0.1, -0.05) is 0 Å². The van der Waals surface area contributed by atoms with E-state index in [1.54, 1.807) is 17.2 Å². The average Bonchev–Trinajstić information content (AvgIpc) is 2.56. The fraction of sp³-hybridized carbons (Fsp3) is 0.556. The van der Waals surface area contributed by atoms with Crippen molar-refractivity contribution < 1.29 is 24.3 Å². The predicted octanol–water partition coefficient (Wildman–Crippen LogP) is 1.89. The summed E-state index contributed by atoms with van der Waals surface area (Å²) in [5.41, 5.74) is -0.255. The largest absolute Gasteiger partial charge is 0.492 e. The lowest BCUT2D eigenvalue weighted by Gasteiger charge is -2.34. The predicted molar refractivity (Wildman–Crippen MR) is 92.5 cm³/mol. The van der Waals surface area contributed by atoms with Gasteiger partial charge in [0.05, 0.1) is 11.0 Å². The summed E-state index contributed by atoms with van der Waals surface area (Å²) in [6, 6.07) is 6.38. The Morgan fingerprint density at radius 3 is 2.20 bits per heavy atom. The van der Waals surface area contributed by atoms with Gasteiger partial charge in [-0.25, -0.2) is 9.59 Å². The molecule has 2 rings (SSSR count). The first-order valence-corrected chi connectivity index (χ1v) is 8.41. The molecule has 0 atom stereocenters. The van der Waals surface area contributed by atoms with Gasteiger partial charge in [0.1, 0.15) is 12.4 Å². The lowest BCUT2D eigenvalue weighted by Crippen LogP contribution is -2.48. The number of carboxylic acids is 1. The van der Waals surface area contributed by atoms with Crippen molar-refractivity contribution in [2.75, 3.05) is 39.3 Å². The standard InChI is InChI=1S/C18H26N2O5/c1-18(2,3)17(23)25-20-10-8-19(9-11-20)12-13-24-15-6-4-14(5-7-15)16(21)22/h4-7H,8-13H2,1-3H3,(H,21,22). The molecule has 1 fully saturated rings. The van der Waals surface area contributed by atoms with Gasteiger partial charge in [-0.05, 0) is 45.0 Å². The van der Waals surface area contributed by atoms with Gasteiger partial charge in [0.25, 0.3) is 0 Å². The van der Waals surface area contributed by atoms with E-state index in [1.165, 1.54) is 12.1 Å². The van der Waals surface area contributed by atoms with Crippen LogP contribution < -0.4 is 4.74 Å². The van der Waals surface area contributed by atoms with Crippen LogP contribution in [0.4, 0.5) is 0 Å². The molecular weight excluding hydrogens is 324 g/mol. The van der Waals surface area contributed by atoms with E-state index < -0.39 is 11.4 Å². The highest BCUT2D eigenvalue weighted by Crippen LogP contribution is 2.17. The van der Waals surface area contributed by atoms with Gasteiger partial charge < -0.3 is 14.7 Å². The molecule has 0 spiro atoms. The van der Waals surface area contributed by atoms with Crippen LogP contribution in [0.5, 0.6) is 5.75 Å². The zero-order valence-electron chi connectivity index (χ0n) is 15.0. The van der Waals surface area contributed by atoms with E-state index in [0.717, 1.165) is 19.6 Å². The van der Waals surface area contributed by atoms with Crippen LogP contribution in [0.15, 0.2) is 24.3 Å². The number of benzene rings is 1. The van der Waals surface area contributed by atoms with Crippen LogP contribution in [0.25, 0.3) is 0 Å². The maximum absolute atomic E-state index is 11.9. The maximum atomic E-state index is 11.9. The van der Waals surface area contributed by atoms with Gasteiger partial charge in [0, 0.05) is 32.7 Å². The fourth-order valence-corrected chi connectivity index (χ4v) is 2.28. The quantitative estimate of drug-likeness (QED) is 0.839. The van der Waals surface area contributed by atoms with E-state index in [9.17, 15) is 9.59 Å². The number of ether oxygens (including phenoxy) is 1. The molecule has 0 unspecified atom stereocenters. The van der Waals surface area contributed by atoms with E-state index >= 15 is 0 Å². The molecule has 1 aromatic rings. The van der Waals surface area contributed by atoms with E-state index in [2.05, 4.69) is 4.90 Å². The Kier molecular flexibility index (Phi) is 6.39. The molecule has 0 amide bonds. The molecule has 7 nitrogen and oxygen atoms in total. The van der Waals surface area contributed by atoms with E-state index in [4.69, 9.17) is 14.7 Å². The van der Waals surface area contributed by atoms with Crippen molar-refractivity contribution >= 4 is 11.9 Å². The molecular formula is C18H26N2O5. The van der Waals surface area contributed by atoms with Gasteiger partial charge in [0.2, 0.25) is 0 Å². The average molecular weight is 350 g/mol. The van der Waals surface area contributed by atoms with Crippen LogP contribution in [-0.4, -0.2) is 66.3 Å². The number of carbonyl (C=O) groups is 2. The van der Waals surface area contributed by atoms with Crippen molar-refractivity contribution in [2.24, 2.45) is 5.41 Å². The van der Waals surface area contributed by atoms with Gasteiger partial charge >= 0.3 is 11.9 Å². The fourth-order valence-electron chi connectivity index (χ4n) is 2.28. The molecule has 138 valence electrons. The number of piperazine rings is 1. The number of hydrogen-bond acceptors (Lipinski definition) is 6. The number of hydroxylamine groups is 2. The molecule has 0 saturated carbocycles. The molecule has 0 aromatic heterocycles. The number of hydrogen-bond donors (Lipinski definition) is 1. The molecule has 25 heavy (non-hydrogen) atoms. The summed E-state index contributed by atoms with van der Waals surface area (Å²) in [6.07, 6.45) is 0. The molecule has 1 aliphatic heterocycles. The number of carbonyl (C=O) groups excluding carboxylic acids is 1. The highest BCUT2D eigenvalue weighted by atomic mass is 16.7. The highest BCUT2D eigenvalue weighted by molar-refractivity contribution is 5.87. The van der Waals surface area contributed by atoms with Crippen LogP contribution in [0.3, 0.4) is 0 Å². The lowest BCUT2D eigenvalue weighted by atomic mass is 9.98. The van der Waals surface area contributed by atoms with Gasteiger partial charge in [-0.15, -0.1) is 5.06 Å². The van der Waals surface area contributed by atoms with E-state index in [-0.39, 0.29) is 11.5 Å². The van der Waals surface area contributed by atoms with Crippen molar-refractivity contribution in [3.8, 4) is 5.75 Å².